The summed E-state index contributed by atoms with van der Waals surface area (Å²) in [5.74, 6) is -0.638. The van der Waals surface area contributed by atoms with Crippen molar-refractivity contribution in [3.05, 3.63) is 89.5 Å². The number of benzene rings is 2. The third kappa shape index (κ3) is 4.22. The Morgan fingerprint density at radius 3 is 2.73 bits per heavy atom. The highest BCUT2D eigenvalue weighted by molar-refractivity contribution is 6.04. The molecule has 1 amide bonds. The van der Waals surface area contributed by atoms with Gasteiger partial charge in [-0.15, -0.1) is 0 Å². The number of amides is 1. The molecule has 0 radical (unpaired) electrons. The second-order valence-electron chi connectivity index (χ2n) is 5.55. The number of nitriles is 1. The number of aromatic nitrogens is 1. The van der Waals surface area contributed by atoms with Crippen LogP contribution in [0, 0.1) is 17.1 Å². The molecule has 0 aliphatic heterocycles. The van der Waals surface area contributed by atoms with Crippen molar-refractivity contribution in [1.82, 2.24) is 4.98 Å². The summed E-state index contributed by atoms with van der Waals surface area (Å²) in [4.78, 5) is 16.4. The molecule has 1 heterocycles. The van der Waals surface area contributed by atoms with Crippen LogP contribution in [0.15, 0.2) is 67.0 Å². The minimum atomic E-state index is -0.345. The molecule has 2 N–H and O–H groups in total. The van der Waals surface area contributed by atoms with E-state index in [0.717, 1.165) is 0 Å². The van der Waals surface area contributed by atoms with Gasteiger partial charge in [0.05, 0.1) is 22.9 Å². The topological polar surface area (TPSA) is 77.8 Å². The molecule has 0 spiro atoms. The van der Waals surface area contributed by atoms with Gasteiger partial charge in [-0.2, -0.15) is 5.26 Å². The molecular formula is C20H15FN4O. The van der Waals surface area contributed by atoms with E-state index in [-0.39, 0.29) is 18.3 Å². The summed E-state index contributed by atoms with van der Waals surface area (Å²) in [6.07, 6.45) is 3.01. The van der Waals surface area contributed by atoms with E-state index in [2.05, 4.69) is 15.6 Å². The maximum Gasteiger partial charge on any atom is 0.257 e. The zero-order valence-electron chi connectivity index (χ0n) is 13.7. The van der Waals surface area contributed by atoms with E-state index in [1.807, 2.05) is 6.07 Å². The van der Waals surface area contributed by atoms with Gasteiger partial charge in [-0.1, -0.05) is 24.3 Å². The number of hydrogen-bond acceptors (Lipinski definition) is 4. The van der Waals surface area contributed by atoms with Crippen molar-refractivity contribution in [3.8, 4) is 6.07 Å². The third-order valence-electron chi connectivity index (χ3n) is 3.69. The number of nitrogens with zero attached hydrogens (tertiary/aromatic N) is 2. The number of pyridine rings is 1. The second-order valence-corrected chi connectivity index (χ2v) is 5.55. The lowest BCUT2D eigenvalue weighted by Crippen LogP contribution is -2.13. The maximum atomic E-state index is 13.7. The first kappa shape index (κ1) is 17.1. The highest BCUT2D eigenvalue weighted by Gasteiger charge is 2.08. The molecule has 5 nitrogen and oxygen atoms in total. The smallest absolute Gasteiger partial charge is 0.257 e. The molecule has 0 unspecified atom stereocenters. The van der Waals surface area contributed by atoms with Gasteiger partial charge in [0.15, 0.2) is 0 Å². The Bertz CT molecular complexity index is 981. The molecule has 6 heteroatoms. The summed E-state index contributed by atoms with van der Waals surface area (Å²) in [6.45, 7) is 0.281. The number of anilines is 2. The Morgan fingerprint density at radius 1 is 1.08 bits per heavy atom. The van der Waals surface area contributed by atoms with Crippen LogP contribution in [0.1, 0.15) is 21.5 Å². The van der Waals surface area contributed by atoms with Gasteiger partial charge in [-0.05, 0) is 30.3 Å². The summed E-state index contributed by atoms with van der Waals surface area (Å²) >= 11 is 0. The molecule has 0 saturated carbocycles. The van der Waals surface area contributed by atoms with Crippen LogP contribution in [-0.2, 0) is 6.54 Å². The highest BCUT2D eigenvalue weighted by atomic mass is 19.1. The normalized spacial score (nSPS) is 10.0. The standard InChI is InChI=1S/C20H15FN4O/c21-19-7-2-1-5-15(19)12-24-18-9-16(11-23-13-18)20(26)25-17-6-3-4-14(8-17)10-22/h1-9,11,13,24H,12H2,(H,25,26). The zero-order valence-corrected chi connectivity index (χ0v) is 13.7. The first-order valence-corrected chi connectivity index (χ1v) is 7.89. The Morgan fingerprint density at radius 2 is 1.92 bits per heavy atom. The van der Waals surface area contributed by atoms with Gasteiger partial charge >= 0.3 is 0 Å². The summed E-state index contributed by atoms with van der Waals surface area (Å²) in [7, 11) is 0. The Kier molecular flexibility index (Phi) is 5.20. The van der Waals surface area contributed by atoms with Crippen molar-refractivity contribution < 1.29 is 9.18 Å². The summed E-state index contributed by atoms with van der Waals surface area (Å²) in [5.41, 5.74) is 2.47. The van der Waals surface area contributed by atoms with Crippen LogP contribution in [0.2, 0.25) is 0 Å². The largest absolute Gasteiger partial charge is 0.380 e. The second kappa shape index (κ2) is 7.90. The van der Waals surface area contributed by atoms with Crippen molar-refractivity contribution in [3.63, 3.8) is 0 Å². The van der Waals surface area contributed by atoms with Gasteiger partial charge in [-0.3, -0.25) is 9.78 Å². The first-order valence-electron chi connectivity index (χ1n) is 7.89. The van der Waals surface area contributed by atoms with Gasteiger partial charge in [0.25, 0.3) is 5.91 Å². The molecule has 0 atom stereocenters. The number of hydrogen-bond donors (Lipinski definition) is 2. The molecule has 1 aromatic heterocycles. The van der Waals surface area contributed by atoms with Crippen molar-refractivity contribution in [1.29, 1.82) is 5.26 Å². The van der Waals surface area contributed by atoms with E-state index in [9.17, 15) is 9.18 Å². The molecule has 3 aromatic rings. The van der Waals surface area contributed by atoms with Gasteiger partial charge < -0.3 is 10.6 Å². The molecule has 0 aliphatic carbocycles. The van der Waals surface area contributed by atoms with E-state index in [1.165, 1.54) is 12.3 Å². The van der Waals surface area contributed by atoms with Crippen LogP contribution in [0.3, 0.4) is 0 Å². The van der Waals surface area contributed by atoms with Crippen LogP contribution < -0.4 is 10.6 Å². The zero-order chi connectivity index (χ0) is 18.4. The van der Waals surface area contributed by atoms with Crippen molar-refractivity contribution in [2.45, 2.75) is 6.54 Å². The number of carbonyl (C=O) groups is 1. The lowest BCUT2D eigenvalue weighted by Gasteiger charge is -2.09. The molecule has 0 aliphatic rings. The van der Waals surface area contributed by atoms with Crippen LogP contribution in [0.5, 0.6) is 0 Å². The fraction of sp³-hybridized carbons (Fsp3) is 0.0500. The number of nitrogens with one attached hydrogen (secondary N) is 2. The lowest BCUT2D eigenvalue weighted by atomic mass is 10.2. The van der Waals surface area contributed by atoms with Gasteiger partial charge in [0.2, 0.25) is 0 Å². The monoisotopic (exact) mass is 346 g/mol. The summed E-state index contributed by atoms with van der Waals surface area (Å²) in [5, 5.41) is 14.7. The predicted molar refractivity (Wildman–Crippen MR) is 97.1 cm³/mol. The van der Waals surface area contributed by atoms with E-state index in [1.54, 1.807) is 54.7 Å². The van der Waals surface area contributed by atoms with Crippen molar-refractivity contribution in [2.75, 3.05) is 10.6 Å². The molecular weight excluding hydrogens is 331 g/mol. The average molecular weight is 346 g/mol. The van der Waals surface area contributed by atoms with E-state index < -0.39 is 0 Å². The number of carbonyl (C=O) groups excluding carboxylic acids is 1. The predicted octanol–water partition coefficient (Wildman–Crippen LogP) is 3.96. The fourth-order valence-corrected chi connectivity index (χ4v) is 2.37. The highest BCUT2D eigenvalue weighted by Crippen LogP contribution is 2.15. The Balaban J connectivity index is 1.69. The van der Waals surface area contributed by atoms with Crippen molar-refractivity contribution >= 4 is 17.3 Å². The number of rotatable bonds is 5. The molecule has 0 bridgehead atoms. The first-order chi connectivity index (χ1) is 12.7. The summed E-state index contributed by atoms with van der Waals surface area (Å²) in [6, 6.07) is 16.8. The minimum Gasteiger partial charge on any atom is -0.380 e. The minimum absolute atomic E-state index is 0.281. The van der Waals surface area contributed by atoms with Crippen molar-refractivity contribution in [2.24, 2.45) is 0 Å². The van der Waals surface area contributed by atoms with Gasteiger partial charge in [0, 0.05) is 30.2 Å². The SMILES string of the molecule is N#Cc1cccc(NC(=O)c2cncc(NCc3ccccc3F)c2)c1. The summed E-state index contributed by atoms with van der Waals surface area (Å²) < 4.78 is 13.7. The molecule has 26 heavy (non-hydrogen) atoms. The third-order valence-corrected chi connectivity index (χ3v) is 3.69. The molecule has 2 aromatic carbocycles. The molecule has 3 rings (SSSR count). The molecule has 128 valence electrons. The molecule has 0 fully saturated rings. The lowest BCUT2D eigenvalue weighted by molar-refractivity contribution is 0.102. The van der Waals surface area contributed by atoms with Crippen LogP contribution in [-0.4, -0.2) is 10.9 Å². The number of halogens is 1. The van der Waals surface area contributed by atoms with E-state index >= 15 is 0 Å². The van der Waals surface area contributed by atoms with Crippen LogP contribution in [0.25, 0.3) is 0 Å². The van der Waals surface area contributed by atoms with Gasteiger partial charge in [-0.25, -0.2) is 4.39 Å². The van der Waals surface area contributed by atoms with Gasteiger partial charge in [0.1, 0.15) is 5.82 Å². The fourth-order valence-electron chi connectivity index (χ4n) is 2.37. The Hall–Kier alpha value is -3.72. The van der Waals surface area contributed by atoms with E-state index in [0.29, 0.717) is 28.1 Å². The average Bonchev–Trinajstić information content (AvgIpc) is 2.68. The van der Waals surface area contributed by atoms with Crippen LogP contribution in [0.4, 0.5) is 15.8 Å². The maximum absolute atomic E-state index is 13.7. The quantitative estimate of drug-likeness (QED) is 0.733. The molecule has 0 saturated heterocycles. The van der Waals surface area contributed by atoms with Crippen LogP contribution >= 0.6 is 0 Å². The van der Waals surface area contributed by atoms with E-state index in [4.69, 9.17) is 5.26 Å². The Labute approximate surface area is 150 Å².